The molecule has 0 radical (unpaired) electrons. The fraction of sp³-hybridized carbons (Fsp3) is 0.500. The van der Waals surface area contributed by atoms with Crippen molar-refractivity contribution < 1.29 is 4.79 Å². The van der Waals surface area contributed by atoms with Crippen LogP contribution in [0.4, 0.5) is 0 Å². The van der Waals surface area contributed by atoms with Crippen molar-refractivity contribution in [3.8, 4) is 0 Å². The number of hydrogen-bond donors (Lipinski definition) is 1. The Bertz CT molecular complexity index is 460. The van der Waals surface area contributed by atoms with Gasteiger partial charge in [-0.3, -0.25) is 4.79 Å². The Hall–Kier alpha value is -0.840. The minimum Gasteiger partial charge on any atom is -0.334 e. The third-order valence-electron chi connectivity index (χ3n) is 3.47. The van der Waals surface area contributed by atoms with Crippen molar-refractivity contribution in [1.29, 1.82) is 0 Å². The maximum absolute atomic E-state index is 12.6. The van der Waals surface area contributed by atoms with Crippen LogP contribution in [-0.2, 0) is 11.3 Å². The van der Waals surface area contributed by atoms with Crippen LogP contribution in [0, 0.1) is 11.8 Å². The second-order valence-electron chi connectivity index (χ2n) is 4.96. The highest BCUT2D eigenvalue weighted by Crippen LogP contribution is 2.25. The van der Waals surface area contributed by atoms with Crippen LogP contribution >= 0.6 is 22.9 Å². The first kappa shape index (κ1) is 14.6. The van der Waals surface area contributed by atoms with Crippen molar-refractivity contribution in [2.45, 2.75) is 13.5 Å². The maximum Gasteiger partial charge on any atom is 0.227 e. The van der Waals surface area contributed by atoms with E-state index in [-0.39, 0.29) is 11.8 Å². The van der Waals surface area contributed by atoms with Crippen molar-refractivity contribution in [1.82, 2.24) is 10.2 Å². The van der Waals surface area contributed by atoms with Crippen LogP contribution in [-0.4, -0.2) is 30.4 Å². The van der Waals surface area contributed by atoms with Gasteiger partial charge in [-0.2, -0.15) is 0 Å². The summed E-state index contributed by atoms with van der Waals surface area (Å²) in [5.74, 6) is 0.684. The first-order valence-electron chi connectivity index (χ1n) is 6.46. The minimum absolute atomic E-state index is 0.0791. The van der Waals surface area contributed by atoms with E-state index in [2.05, 4.69) is 18.8 Å². The summed E-state index contributed by atoms with van der Waals surface area (Å²) in [6, 6.07) is 3.85. The number of thiophene rings is 1. The molecule has 1 aromatic heterocycles. The highest BCUT2D eigenvalue weighted by atomic mass is 35.5. The van der Waals surface area contributed by atoms with E-state index >= 15 is 0 Å². The molecule has 0 unspecified atom stereocenters. The van der Waals surface area contributed by atoms with Crippen molar-refractivity contribution >= 4 is 28.8 Å². The Kier molecular flexibility index (Phi) is 5.02. The van der Waals surface area contributed by atoms with Gasteiger partial charge in [-0.05, 0) is 24.6 Å². The lowest BCUT2D eigenvalue weighted by atomic mass is 9.96. The summed E-state index contributed by atoms with van der Waals surface area (Å²) in [4.78, 5) is 15.5. The Morgan fingerprint density at radius 3 is 2.95 bits per heavy atom. The zero-order valence-corrected chi connectivity index (χ0v) is 12.6. The minimum atomic E-state index is 0.0791. The molecule has 1 amide bonds. The molecule has 5 heteroatoms. The molecular formula is C14H19ClN2OS. The number of rotatable bonds is 5. The Balaban J connectivity index is 2.06. The van der Waals surface area contributed by atoms with Gasteiger partial charge >= 0.3 is 0 Å². The average Bonchev–Trinajstić information content (AvgIpc) is 2.97. The van der Waals surface area contributed by atoms with Gasteiger partial charge in [0, 0.05) is 18.0 Å². The topological polar surface area (TPSA) is 32.3 Å². The van der Waals surface area contributed by atoms with E-state index in [9.17, 15) is 4.79 Å². The van der Waals surface area contributed by atoms with Crippen LogP contribution in [0.3, 0.4) is 0 Å². The lowest BCUT2D eigenvalue weighted by Crippen LogP contribution is -2.38. The van der Waals surface area contributed by atoms with E-state index in [4.69, 9.17) is 11.6 Å². The number of hydrogen-bond acceptors (Lipinski definition) is 3. The molecule has 1 fully saturated rings. The molecule has 1 aliphatic rings. The van der Waals surface area contributed by atoms with Crippen molar-refractivity contribution in [3.05, 3.63) is 34.0 Å². The molecule has 3 nitrogen and oxygen atoms in total. The first-order valence-corrected chi connectivity index (χ1v) is 7.66. The second-order valence-corrected chi connectivity index (χ2v) is 6.75. The molecule has 2 atom stereocenters. The first-order chi connectivity index (χ1) is 9.11. The molecule has 2 rings (SSSR count). The maximum atomic E-state index is 12.6. The number of carbonyl (C=O) groups is 1. The average molecular weight is 299 g/mol. The fourth-order valence-electron chi connectivity index (χ4n) is 2.39. The SMILES string of the molecule is C=CCN(Cc1ccc(Cl)s1)C(=O)[C@@H]1CNC[C@H]1C. The van der Waals surface area contributed by atoms with E-state index in [1.807, 2.05) is 17.0 Å². The third-order valence-corrected chi connectivity index (χ3v) is 4.69. The van der Waals surface area contributed by atoms with Gasteiger partial charge < -0.3 is 10.2 Å². The Labute approximate surface area is 123 Å². The molecule has 0 spiro atoms. The van der Waals surface area contributed by atoms with Crippen LogP contribution in [0.1, 0.15) is 11.8 Å². The molecular weight excluding hydrogens is 280 g/mol. The molecule has 1 aliphatic heterocycles. The molecule has 1 saturated heterocycles. The number of amides is 1. The summed E-state index contributed by atoms with van der Waals surface area (Å²) in [6.45, 7) is 8.76. The predicted molar refractivity (Wildman–Crippen MR) is 80.5 cm³/mol. The zero-order chi connectivity index (χ0) is 13.8. The summed E-state index contributed by atoms with van der Waals surface area (Å²) in [7, 11) is 0. The Morgan fingerprint density at radius 2 is 2.42 bits per heavy atom. The second kappa shape index (κ2) is 6.55. The summed E-state index contributed by atoms with van der Waals surface area (Å²) in [5.41, 5.74) is 0. The van der Waals surface area contributed by atoms with Crippen LogP contribution < -0.4 is 5.32 Å². The molecule has 1 N–H and O–H groups in total. The number of carbonyl (C=O) groups excluding carboxylic acids is 1. The Morgan fingerprint density at radius 1 is 1.63 bits per heavy atom. The van der Waals surface area contributed by atoms with E-state index in [1.54, 1.807) is 6.08 Å². The lowest BCUT2D eigenvalue weighted by molar-refractivity contribution is -0.136. The largest absolute Gasteiger partial charge is 0.334 e. The van der Waals surface area contributed by atoms with Crippen LogP contribution in [0.15, 0.2) is 24.8 Å². The van der Waals surface area contributed by atoms with Crippen molar-refractivity contribution in [2.75, 3.05) is 19.6 Å². The molecule has 0 saturated carbocycles. The van der Waals surface area contributed by atoms with E-state index < -0.39 is 0 Å². The standard InChI is InChI=1S/C14H19ClN2OS/c1-3-6-17(9-11-4-5-13(15)19-11)14(18)12-8-16-7-10(12)2/h3-5,10,12,16H,1,6-9H2,2H3/t10-,12-/m1/s1. The molecule has 1 aromatic rings. The molecule has 2 heterocycles. The third kappa shape index (κ3) is 3.59. The number of nitrogens with zero attached hydrogens (tertiary/aromatic N) is 1. The number of nitrogens with one attached hydrogen (secondary N) is 1. The van der Waals surface area contributed by atoms with Gasteiger partial charge in [0.2, 0.25) is 5.91 Å². The molecule has 0 bridgehead atoms. The van der Waals surface area contributed by atoms with Gasteiger partial charge in [0.15, 0.2) is 0 Å². The highest BCUT2D eigenvalue weighted by molar-refractivity contribution is 7.16. The van der Waals surface area contributed by atoms with Gasteiger partial charge in [-0.15, -0.1) is 17.9 Å². The van der Waals surface area contributed by atoms with E-state index in [0.717, 1.165) is 22.3 Å². The van der Waals surface area contributed by atoms with Gasteiger partial charge in [0.25, 0.3) is 0 Å². The number of halogens is 1. The van der Waals surface area contributed by atoms with Crippen LogP contribution in [0.25, 0.3) is 0 Å². The normalized spacial score (nSPS) is 22.4. The molecule has 19 heavy (non-hydrogen) atoms. The van der Waals surface area contributed by atoms with Crippen LogP contribution in [0.5, 0.6) is 0 Å². The molecule has 104 valence electrons. The van der Waals surface area contributed by atoms with Gasteiger partial charge in [0.05, 0.1) is 16.8 Å². The van der Waals surface area contributed by atoms with Gasteiger partial charge in [-0.1, -0.05) is 24.6 Å². The summed E-state index contributed by atoms with van der Waals surface area (Å²) in [6.07, 6.45) is 1.78. The monoisotopic (exact) mass is 298 g/mol. The van der Waals surface area contributed by atoms with Gasteiger partial charge in [-0.25, -0.2) is 0 Å². The van der Waals surface area contributed by atoms with E-state index in [1.165, 1.54) is 11.3 Å². The van der Waals surface area contributed by atoms with Gasteiger partial charge in [0.1, 0.15) is 0 Å². The predicted octanol–water partition coefficient (Wildman–Crippen LogP) is 2.77. The highest BCUT2D eigenvalue weighted by Gasteiger charge is 2.32. The van der Waals surface area contributed by atoms with Crippen molar-refractivity contribution in [3.63, 3.8) is 0 Å². The molecule has 0 aliphatic carbocycles. The lowest BCUT2D eigenvalue weighted by Gasteiger charge is -2.25. The fourth-order valence-corrected chi connectivity index (χ4v) is 3.49. The van der Waals surface area contributed by atoms with Crippen LogP contribution in [0.2, 0.25) is 4.34 Å². The smallest absolute Gasteiger partial charge is 0.227 e. The summed E-state index contributed by atoms with van der Waals surface area (Å²) < 4.78 is 0.761. The van der Waals surface area contributed by atoms with E-state index in [0.29, 0.717) is 19.0 Å². The zero-order valence-electron chi connectivity index (χ0n) is 11.1. The molecule has 0 aromatic carbocycles. The quantitative estimate of drug-likeness (QED) is 0.848. The summed E-state index contributed by atoms with van der Waals surface area (Å²) >= 11 is 7.46. The summed E-state index contributed by atoms with van der Waals surface area (Å²) in [5, 5.41) is 3.28. The van der Waals surface area contributed by atoms with Crippen molar-refractivity contribution in [2.24, 2.45) is 11.8 Å².